The number of hydrogen-bond donors (Lipinski definition) is 1. The number of rotatable bonds is 10. The second-order valence-electron chi connectivity index (χ2n) is 6.57. The summed E-state index contributed by atoms with van der Waals surface area (Å²) in [5, 5.41) is 4.73. The molecule has 174 valence electrons. The number of hydrazone groups is 1. The Morgan fingerprint density at radius 1 is 1.12 bits per heavy atom. The number of ether oxygens (including phenoxy) is 4. The second-order valence-corrected chi connectivity index (χ2v) is 7.42. The van der Waals surface area contributed by atoms with Crippen LogP contribution < -0.4 is 19.6 Å². The van der Waals surface area contributed by atoms with E-state index < -0.39 is 11.9 Å². The van der Waals surface area contributed by atoms with E-state index in [4.69, 9.17) is 23.4 Å². The number of benzene rings is 2. The van der Waals surface area contributed by atoms with Crippen LogP contribution in [0, 0.1) is 0 Å². The number of methoxy groups -OCH3 is 1. The molecule has 10 heteroatoms. The standard InChI is InChI=1S/C23H23BrN2O7/c1-4-30-16-6-7-18-15(10-16)11-20(33-18)23(28)26-25-12-14-8-17(24)22(19(9-14)29-3)32-13-21(27)31-5-2/h6-12H,4-5,13H2,1-3H3,(H,26,28)/b25-12+. The molecule has 2 aromatic carbocycles. The molecule has 0 saturated heterocycles. The van der Waals surface area contributed by atoms with Gasteiger partial charge in [0.05, 0.1) is 31.0 Å². The summed E-state index contributed by atoms with van der Waals surface area (Å²) in [6.45, 7) is 4.17. The van der Waals surface area contributed by atoms with Gasteiger partial charge in [-0.3, -0.25) is 4.79 Å². The molecule has 1 amide bonds. The van der Waals surface area contributed by atoms with Crippen LogP contribution in [0.15, 0.2) is 50.4 Å². The first-order valence-electron chi connectivity index (χ1n) is 10.1. The molecule has 3 rings (SSSR count). The van der Waals surface area contributed by atoms with Gasteiger partial charge in [0.15, 0.2) is 23.9 Å². The van der Waals surface area contributed by atoms with Crippen LogP contribution >= 0.6 is 15.9 Å². The zero-order valence-corrected chi connectivity index (χ0v) is 19.9. The highest BCUT2D eigenvalue weighted by Crippen LogP contribution is 2.36. The molecule has 1 aromatic heterocycles. The Hall–Kier alpha value is -3.53. The number of amides is 1. The SMILES string of the molecule is CCOC(=O)COc1c(Br)cc(/C=N/NC(=O)c2cc3cc(OCC)ccc3o2)cc1OC. The summed E-state index contributed by atoms with van der Waals surface area (Å²) in [6, 6.07) is 10.3. The quantitative estimate of drug-likeness (QED) is 0.242. The highest BCUT2D eigenvalue weighted by atomic mass is 79.9. The van der Waals surface area contributed by atoms with Crippen molar-refractivity contribution >= 4 is 45.0 Å². The molecule has 0 spiro atoms. The molecule has 0 radical (unpaired) electrons. The molecule has 0 aliphatic carbocycles. The van der Waals surface area contributed by atoms with Crippen LogP contribution in [0.1, 0.15) is 30.0 Å². The van der Waals surface area contributed by atoms with E-state index in [0.717, 1.165) is 5.39 Å². The fourth-order valence-corrected chi connectivity index (χ4v) is 3.47. The van der Waals surface area contributed by atoms with Gasteiger partial charge < -0.3 is 23.4 Å². The summed E-state index contributed by atoms with van der Waals surface area (Å²) in [5.41, 5.74) is 3.62. The Morgan fingerprint density at radius 3 is 2.67 bits per heavy atom. The summed E-state index contributed by atoms with van der Waals surface area (Å²) in [7, 11) is 1.47. The van der Waals surface area contributed by atoms with Crippen LogP contribution in [0.3, 0.4) is 0 Å². The maximum atomic E-state index is 12.4. The molecule has 9 nitrogen and oxygen atoms in total. The number of nitrogens with zero attached hydrogens (tertiary/aromatic N) is 1. The minimum absolute atomic E-state index is 0.122. The molecule has 1 heterocycles. The van der Waals surface area contributed by atoms with Crippen molar-refractivity contribution in [2.24, 2.45) is 5.10 Å². The number of furan rings is 1. The van der Waals surface area contributed by atoms with Crippen LogP contribution in [0.25, 0.3) is 11.0 Å². The molecule has 0 atom stereocenters. The van der Waals surface area contributed by atoms with Crippen molar-refractivity contribution < 1.29 is 33.0 Å². The van der Waals surface area contributed by atoms with Crippen LogP contribution in [0.4, 0.5) is 0 Å². The van der Waals surface area contributed by atoms with Crippen LogP contribution in [0.2, 0.25) is 0 Å². The maximum absolute atomic E-state index is 12.4. The average Bonchev–Trinajstić information content (AvgIpc) is 3.22. The highest BCUT2D eigenvalue weighted by Gasteiger charge is 2.15. The number of esters is 1. The molecule has 3 aromatic rings. The average molecular weight is 519 g/mol. The third kappa shape index (κ3) is 6.26. The predicted molar refractivity (Wildman–Crippen MR) is 125 cm³/mol. The van der Waals surface area contributed by atoms with Gasteiger partial charge in [0.2, 0.25) is 0 Å². The van der Waals surface area contributed by atoms with Gasteiger partial charge in [-0.1, -0.05) is 0 Å². The summed E-state index contributed by atoms with van der Waals surface area (Å²) < 4.78 is 27.3. The number of halogens is 1. The van der Waals surface area contributed by atoms with Gasteiger partial charge in [-0.2, -0.15) is 5.10 Å². The third-order valence-corrected chi connectivity index (χ3v) is 4.88. The first-order valence-corrected chi connectivity index (χ1v) is 10.9. The summed E-state index contributed by atoms with van der Waals surface area (Å²) in [6.07, 6.45) is 1.44. The highest BCUT2D eigenvalue weighted by molar-refractivity contribution is 9.10. The number of fused-ring (bicyclic) bond motifs is 1. The van der Waals surface area contributed by atoms with E-state index >= 15 is 0 Å². The minimum Gasteiger partial charge on any atom is -0.494 e. The number of hydrogen-bond acceptors (Lipinski definition) is 8. The fourth-order valence-electron chi connectivity index (χ4n) is 2.90. The molecule has 0 saturated carbocycles. The molecular formula is C23H23BrN2O7. The van der Waals surface area contributed by atoms with Crippen molar-refractivity contribution in [3.63, 3.8) is 0 Å². The molecule has 0 bridgehead atoms. The lowest BCUT2D eigenvalue weighted by molar-refractivity contribution is -0.145. The van der Waals surface area contributed by atoms with Crippen molar-refractivity contribution in [1.29, 1.82) is 0 Å². The lowest BCUT2D eigenvalue weighted by Gasteiger charge is -2.13. The van der Waals surface area contributed by atoms with E-state index in [2.05, 4.69) is 26.5 Å². The Morgan fingerprint density at radius 2 is 1.94 bits per heavy atom. The zero-order chi connectivity index (χ0) is 23.8. The molecule has 33 heavy (non-hydrogen) atoms. The number of carbonyl (C=O) groups is 2. The fraction of sp³-hybridized carbons (Fsp3) is 0.261. The van der Waals surface area contributed by atoms with E-state index in [1.807, 2.05) is 6.92 Å². The van der Waals surface area contributed by atoms with Gasteiger partial charge in [0.25, 0.3) is 0 Å². The number of nitrogens with one attached hydrogen (secondary N) is 1. The molecular weight excluding hydrogens is 496 g/mol. The van der Waals surface area contributed by atoms with E-state index in [9.17, 15) is 9.59 Å². The van der Waals surface area contributed by atoms with Gasteiger partial charge in [-0.25, -0.2) is 10.2 Å². The largest absolute Gasteiger partial charge is 0.494 e. The third-order valence-electron chi connectivity index (χ3n) is 4.29. The van der Waals surface area contributed by atoms with Crippen LogP contribution in [0.5, 0.6) is 17.2 Å². The lowest BCUT2D eigenvalue weighted by atomic mass is 10.2. The first kappa shape index (κ1) is 24.1. The summed E-state index contributed by atoms with van der Waals surface area (Å²) in [5.74, 6) is 0.562. The van der Waals surface area contributed by atoms with Crippen molar-refractivity contribution in [1.82, 2.24) is 5.43 Å². The Balaban J connectivity index is 1.67. The molecule has 0 aliphatic heterocycles. The van der Waals surface area contributed by atoms with Gasteiger partial charge in [0.1, 0.15) is 11.3 Å². The molecule has 0 unspecified atom stereocenters. The minimum atomic E-state index is -0.499. The monoisotopic (exact) mass is 518 g/mol. The van der Waals surface area contributed by atoms with E-state index in [0.29, 0.717) is 39.5 Å². The van der Waals surface area contributed by atoms with E-state index in [1.165, 1.54) is 13.3 Å². The topological polar surface area (TPSA) is 109 Å². The Kier molecular flexibility index (Phi) is 8.31. The number of carbonyl (C=O) groups excluding carboxylic acids is 2. The summed E-state index contributed by atoms with van der Waals surface area (Å²) in [4.78, 5) is 24.0. The van der Waals surface area contributed by atoms with Crippen molar-refractivity contribution in [3.05, 3.63) is 52.2 Å². The van der Waals surface area contributed by atoms with Crippen molar-refractivity contribution in [3.8, 4) is 17.2 Å². The van der Waals surface area contributed by atoms with E-state index in [1.54, 1.807) is 43.3 Å². The Labute approximate surface area is 198 Å². The molecule has 0 fully saturated rings. The first-order chi connectivity index (χ1) is 15.9. The van der Waals surface area contributed by atoms with Gasteiger partial charge in [-0.05, 0) is 71.7 Å². The van der Waals surface area contributed by atoms with Gasteiger partial charge in [-0.15, -0.1) is 0 Å². The second kappa shape index (κ2) is 11.4. The smallest absolute Gasteiger partial charge is 0.344 e. The van der Waals surface area contributed by atoms with E-state index in [-0.39, 0.29) is 19.0 Å². The molecule has 1 N–H and O–H groups in total. The zero-order valence-electron chi connectivity index (χ0n) is 18.3. The summed E-state index contributed by atoms with van der Waals surface area (Å²) >= 11 is 3.39. The van der Waals surface area contributed by atoms with Crippen molar-refractivity contribution in [2.45, 2.75) is 13.8 Å². The normalized spacial score (nSPS) is 10.9. The predicted octanol–water partition coefficient (Wildman–Crippen LogP) is 4.31. The van der Waals surface area contributed by atoms with Crippen LogP contribution in [-0.2, 0) is 9.53 Å². The lowest BCUT2D eigenvalue weighted by Crippen LogP contribution is -2.16. The van der Waals surface area contributed by atoms with Gasteiger partial charge in [0, 0.05) is 5.39 Å². The van der Waals surface area contributed by atoms with Crippen LogP contribution in [-0.4, -0.2) is 45.0 Å². The molecule has 0 aliphatic rings. The van der Waals surface area contributed by atoms with Crippen molar-refractivity contribution in [2.75, 3.05) is 26.9 Å². The maximum Gasteiger partial charge on any atom is 0.344 e. The van der Waals surface area contributed by atoms with Gasteiger partial charge >= 0.3 is 11.9 Å². The Bertz CT molecular complexity index is 1170.